The molecule has 0 saturated carbocycles. The molecule has 0 bridgehead atoms. The fourth-order valence-electron chi connectivity index (χ4n) is 2.84. The van der Waals surface area contributed by atoms with Crippen molar-refractivity contribution < 1.29 is 27.2 Å². The number of benzene rings is 1. The molecule has 0 unspecified atom stereocenters. The Morgan fingerprint density at radius 3 is 2.55 bits per heavy atom. The molecule has 29 heavy (non-hydrogen) atoms. The Kier molecular flexibility index (Phi) is 5.99. The fraction of sp³-hybridized carbons (Fsp3) is 0.278. The predicted octanol–water partition coefficient (Wildman–Crippen LogP) is 0.444. The third kappa shape index (κ3) is 5.21. The summed E-state index contributed by atoms with van der Waals surface area (Å²) in [7, 11) is -3.76. The maximum Gasteiger partial charge on any atom is 0.325 e. The largest absolute Gasteiger partial charge is 0.467 e. The Morgan fingerprint density at radius 1 is 1.21 bits per heavy atom. The van der Waals surface area contributed by atoms with Gasteiger partial charge in [0.25, 0.3) is 5.91 Å². The van der Waals surface area contributed by atoms with Crippen LogP contribution < -0.4 is 15.8 Å². The molecule has 2 heterocycles. The van der Waals surface area contributed by atoms with Gasteiger partial charge in [0, 0.05) is 13.0 Å². The minimum atomic E-state index is -3.76. The number of carbonyl (C=O) groups is 3. The lowest BCUT2D eigenvalue weighted by molar-refractivity contribution is -0.128. The monoisotopic (exact) mass is 420 g/mol. The van der Waals surface area contributed by atoms with E-state index in [1.165, 1.54) is 18.4 Å². The molecule has 11 heteroatoms. The van der Waals surface area contributed by atoms with Crippen LogP contribution in [0.25, 0.3) is 0 Å². The first-order valence-electron chi connectivity index (χ1n) is 8.77. The first-order valence-corrected chi connectivity index (χ1v) is 10.3. The number of imide groups is 1. The number of furan rings is 1. The van der Waals surface area contributed by atoms with Crippen LogP contribution in [0.3, 0.4) is 0 Å². The minimum Gasteiger partial charge on any atom is -0.467 e. The number of hydrogen-bond donors (Lipinski definition) is 3. The first kappa shape index (κ1) is 20.6. The third-order valence-corrected chi connectivity index (χ3v) is 5.33. The van der Waals surface area contributed by atoms with Gasteiger partial charge < -0.3 is 15.1 Å². The Bertz CT molecular complexity index is 1000. The van der Waals surface area contributed by atoms with Crippen LogP contribution in [0, 0.1) is 0 Å². The van der Waals surface area contributed by atoms with Gasteiger partial charge in [-0.1, -0.05) is 12.1 Å². The Hall–Kier alpha value is -3.18. The predicted molar refractivity (Wildman–Crippen MR) is 100 cm³/mol. The summed E-state index contributed by atoms with van der Waals surface area (Å²) in [6.07, 6.45) is 1.66. The summed E-state index contributed by atoms with van der Waals surface area (Å²) in [6.45, 7) is 0.230. The molecule has 0 spiro atoms. The molecule has 1 fully saturated rings. The molecule has 1 saturated heterocycles. The zero-order chi connectivity index (χ0) is 21.0. The molecule has 1 atom stereocenters. The number of primary sulfonamides is 1. The van der Waals surface area contributed by atoms with E-state index in [-0.39, 0.29) is 36.7 Å². The second kappa shape index (κ2) is 8.45. The highest BCUT2D eigenvalue weighted by molar-refractivity contribution is 7.89. The normalized spacial score (nSPS) is 16.7. The van der Waals surface area contributed by atoms with Gasteiger partial charge in [0.2, 0.25) is 15.9 Å². The van der Waals surface area contributed by atoms with Crippen molar-refractivity contribution >= 4 is 27.9 Å². The lowest BCUT2D eigenvalue weighted by atomic mass is 10.1. The smallest absolute Gasteiger partial charge is 0.325 e. The number of amides is 4. The van der Waals surface area contributed by atoms with Crippen LogP contribution >= 0.6 is 0 Å². The van der Waals surface area contributed by atoms with Crippen molar-refractivity contribution in [3.8, 4) is 0 Å². The minimum absolute atomic E-state index is 0.0119. The lowest BCUT2D eigenvalue weighted by Gasteiger charge is -2.11. The highest BCUT2D eigenvalue weighted by Crippen LogP contribution is 2.15. The van der Waals surface area contributed by atoms with Gasteiger partial charge in [-0.05, 0) is 36.2 Å². The molecular weight excluding hydrogens is 400 g/mol. The summed E-state index contributed by atoms with van der Waals surface area (Å²) < 4.78 is 27.6. The van der Waals surface area contributed by atoms with Crippen LogP contribution in [0.5, 0.6) is 0 Å². The third-order valence-electron chi connectivity index (χ3n) is 4.40. The molecular formula is C18H20N4O6S. The molecule has 1 aromatic heterocycles. The second-order valence-corrected chi connectivity index (χ2v) is 8.07. The number of urea groups is 1. The van der Waals surface area contributed by atoms with Crippen molar-refractivity contribution in [1.29, 1.82) is 0 Å². The molecule has 1 aromatic carbocycles. The summed E-state index contributed by atoms with van der Waals surface area (Å²) >= 11 is 0. The zero-order valence-corrected chi connectivity index (χ0v) is 16.1. The van der Waals surface area contributed by atoms with E-state index in [0.717, 1.165) is 4.90 Å². The summed E-state index contributed by atoms with van der Waals surface area (Å²) in [4.78, 5) is 37.4. The Labute approximate surface area is 167 Å². The summed E-state index contributed by atoms with van der Waals surface area (Å²) in [5, 5.41) is 10.3. The van der Waals surface area contributed by atoms with Crippen LogP contribution in [0.15, 0.2) is 52.0 Å². The van der Waals surface area contributed by atoms with Crippen LogP contribution in [0.2, 0.25) is 0 Å². The zero-order valence-electron chi connectivity index (χ0n) is 15.3. The molecule has 10 nitrogen and oxygen atoms in total. The van der Waals surface area contributed by atoms with Crippen molar-refractivity contribution in [1.82, 2.24) is 15.5 Å². The van der Waals surface area contributed by atoms with Crippen molar-refractivity contribution in [3.63, 3.8) is 0 Å². The Balaban J connectivity index is 1.45. The molecule has 1 aliphatic rings. The van der Waals surface area contributed by atoms with Gasteiger partial charge in [0.05, 0.1) is 17.7 Å². The second-order valence-electron chi connectivity index (χ2n) is 6.51. The van der Waals surface area contributed by atoms with E-state index in [4.69, 9.17) is 9.56 Å². The van der Waals surface area contributed by atoms with Gasteiger partial charge in [-0.2, -0.15) is 0 Å². The van der Waals surface area contributed by atoms with Crippen molar-refractivity contribution in [2.24, 2.45) is 5.14 Å². The fourth-order valence-corrected chi connectivity index (χ4v) is 3.36. The van der Waals surface area contributed by atoms with E-state index in [1.54, 1.807) is 24.3 Å². The van der Waals surface area contributed by atoms with Gasteiger partial charge in [0.1, 0.15) is 11.8 Å². The number of nitrogens with two attached hydrogens (primary N) is 1. The molecule has 0 radical (unpaired) electrons. The Morgan fingerprint density at radius 2 is 1.93 bits per heavy atom. The first-order chi connectivity index (χ1) is 13.7. The highest BCUT2D eigenvalue weighted by Gasteiger charge is 2.38. The van der Waals surface area contributed by atoms with Crippen LogP contribution in [-0.2, 0) is 32.7 Å². The van der Waals surface area contributed by atoms with Crippen LogP contribution in [0.1, 0.15) is 24.2 Å². The van der Waals surface area contributed by atoms with Crippen molar-refractivity contribution in [2.75, 3.05) is 0 Å². The summed E-state index contributed by atoms with van der Waals surface area (Å²) in [5.74, 6) is -0.217. The van der Waals surface area contributed by atoms with Gasteiger partial charge in [-0.25, -0.2) is 18.4 Å². The molecule has 0 aliphatic carbocycles. The van der Waals surface area contributed by atoms with Gasteiger partial charge in [-0.3, -0.25) is 14.5 Å². The molecule has 4 amide bonds. The SMILES string of the molecule is NS(=O)(=O)c1ccc(CNC(=O)CC[C@H]2NC(=O)N(Cc3ccco3)C2=O)cc1. The van der Waals surface area contributed by atoms with Crippen molar-refractivity contribution in [2.45, 2.75) is 36.9 Å². The quantitative estimate of drug-likeness (QED) is 0.527. The van der Waals surface area contributed by atoms with E-state index in [1.807, 2.05) is 0 Å². The topological polar surface area (TPSA) is 152 Å². The standard InChI is InChI=1S/C18H20N4O6S/c19-29(26,27)14-5-3-12(4-6-14)10-20-16(23)8-7-15-17(24)22(18(25)21-15)11-13-2-1-9-28-13/h1-6,9,15H,7-8,10-11H2,(H,20,23)(H,21,25)(H2,19,26,27)/t15-/m1/s1. The molecule has 154 valence electrons. The van der Waals surface area contributed by atoms with E-state index in [9.17, 15) is 22.8 Å². The number of carbonyl (C=O) groups excluding carboxylic acids is 3. The maximum absolute atomic E-state index is 12.4. The summed E-state index contributed by atoms with van der Waals surface area (Å²) in [6, 6.07) is 7.85. The van der Waals surface area contributed by atoms with Crippen LogP contribution in [-0.4, -0.2) is 37.2 Å². The molecule has 4 N–H and O–H groups in total. The highest BCUT2D eigenvalue weighted by atomic mass is 32.2. The van der Waals surface area contributed by atoms with E-state index in [0.29, 0.717) is 11.3 Å². The number of sulfonamides is 1. The van der Waals surface area contributed by atoms with Gasteiger partial charge >= 0.3 is 6.03 Å². The van der Waals surface area contributed by atoms with E-state index in [2.05, 4.69) is 10.6 Å². The number of rotatable bonds is 8. The van der Waals surface area contributed by atoms with E-state index < -0.39 is 28.0 Å². The maximum atomic E-state index is 12.4. The summed E-state index contributed by atoms with van der Waals surface area (Å²) in [5.41, 5.74) is 0.695. The van der Waals surface area contributed by atoms with E-state index >= 15 is 0 Å². The lowest BCUT2D eigenvalue weighted by Crippen LogP contribution is -2.32. The van der Waals surface area contributed by atoms with Crippen molar-refractivity contribution in [3.05, 3.63) is 54.0 Å². The average Bonchev–Trinajstić information content (AvgIpc) is 3.28. The van der Waals surface area contributed by atoms with Gasteiger partial charge in [-0.15, -0.1) is 0 Å². The average molecular weight is 420 g/mol. The number of hydrogen-bond acceptors (Lipinski definition) is 6. The van der Waals surface area contributed by atoms with Gasteiger partial charge in [0.15, 0.2) is 0 Å². The number of nitrogens with one attached hydrogen (secondary N) is 2. The molecule has 3 rings (SSSR count). The number of nitrogens with zero attached hydrogens (tertiary/aromatic N) is 1. The van der Waals surface area contributed by atoms with Crippen LogP contribution in [0.4, 0.5) is 4.79 Å². The molecule has 1 aliphatic heterocycles. The molecule has 2 aromatic rings.